The summed E-state index contributed by atoms with van der Waals surface area (Å²) >= 11 is 0. The Bertz CT molecular complexity index is 503. The van der Waals surface area contributed by atoms with Crippen LogP contribution in [0.1, 0.15) is 11.8 Å². The van der Waals surface area contributed by atoms with E-state index in [1.165, 1.54) is 0 Å². The third kappa shape index (κ3) is 2.74. The molecule has 92 valence electrons. The van der Waals surface area contributed by atoms with E-state index in [9.17, 15) is 13.2 Å². The number of aryl methyl sites for hydroxylation is 1. The van der Waals surface area contributed by atoms with Crippen molar-refractivity contribution < 1.29 is 17.6 Å². The SMILES string of the molecule is Cn1ccc(NCc2nnc(C(F)(F)F)o2)n1. The summed E-state index contributed by atoms with van der Waals surface area (Å²) in [6, 6.07) is 1.67. The summed E-state index contributed by atoms with van der Waals surface area (Å²) in [6.45, 7) is -0.0138. The maximum Gasteiger partial charge on any atom is 0.470 e. The van der Waals surface area contributed by atoms with Crippen LogP contribution in [0.15, 0.2) is 16.7 Å². The highest BCUT2D eigenvalue weighted by Crippen LogP contribution is 2.27. The second kappa shape index (κ2) is 4.07. The molecular formula is C8H8F3N5O. The molecule has 6 nitrogen and oxygen atoms in total. The molecule has 0 fully saturated rings. The minimum absolute atomic E-state index is 0.0138. The molecule has 2 heterocycles. The molecular weight excluding hydrogens is 239 g/mol. The molecule has 0 saturated carbocycles. The Kier molecular flexibility index (Phi) is 2.74. The van der Waals surface area contributed by atoms with Crippen LogP contribution in [0.2, 0.25) is 0 Å². The molecule has 0 spiro atoms. The van der Waals surface area contributed by atoms with Gasteiger partial charge in [-0.15, -0.1) is 10.2 Å². The van der Waals surface area contributed by atoms with Gasteiger partial charge in [0.25, 0.3) is 0 Å². The summed E-state index contributed by atoms with van der Waals surface area (Å²) in [5.41, 5.74) is 0. The van der Waals surface area contributed by atoms with Crippen LogP contribution in [0.25, 0.3) is 0 Å². The van der Waals surface area contributed by atoms with Crippen LogP contribution < -0.4 is 5.32 Å². The molecule has 0 amide bonds. The van der Waals surface area contributed by atoms with Crippen LogP contribution in [0, 0.1) is 0 Å². The minimum atomic E-state index is -4.61. The van der Waals surface area contributed by atoms with Gasteiger partial charge in [0.2, 0.25) is 5.89 Å². The minimum Gasteiger partial charge on any atom is -0.415 e. The Morgan fingerprint density at radius 1 is 1.41 bits per heavy atom. The van der Waals surface area contributed by atoms with Gasteiger partial charge in [-0.1, -0.05) is 0 Å². The van der Waals surface area contributed by atoms with E-state index in [0.717, 1.165) is 0 Å². The maximum absolute atomic E-state index is 12.1. The second-order valence-electron chi connectivity index (χ2n) is 3.23. The highest BCUT2D eigenvalue weighted by atomic mass is 19.4. The zero-order valence-electron chi connectivity index (χ0n) is 8.69. The number of alkyl halides is 3. The van der Waals surface area contributed by atoms with Gasteiger partial charge in [0.15, 0.2) is 0 Å². The summed E-state index contributed by atoms with van der Waals surface area (Å²) in [6.07, 6.45) is -2.92. The predicted molar refractivity (Wildman–Crippen MR) is 49.8 cm³/mol. The molecule has 17 heavy (non-hydrogen) atoms. The summed E-state index contributed by atoms with van der Waals surface area (Å²) < 4.78 is 42.4. The van der Waals surface area contributed by atoms with Crippen molar-refractivity contribution >= 4 is 5.82 Å². The Hall–Kier alpha value is -2.06. The monoisotopic (exact) mass is 247 g/mol. The van der Waals surface area contributed by atoms with Crippen molar-refractivity contribution in [2.45, 2.75) is 12.7 Å². The van der Waals surface area contributed by atoms with Gasteiger partial charge in [-0.2, -0.15) is 18.3 Å². The molecule has 2 rings (SSSR count). The van der Waals surface area contributed by atoms with Gasteiger partial charge in [0.1, 0.15) is 5.82 Å². The van der Waals surface area contributed by atoms with E-state index in [0.29, 0.717) is 5.82 Å². The number of nitrogens with zero attached hydrogens (tertiary/aromatic N) is 4. The first-order valence-electron chi connectivity index (χ1n) is 4.58. The molecule has 2 aromatic heterocycles. The van der Waals surface area contributed by atoms with E-state index in [-0.39, 0.29) is 12.4 Å². The number of hydrogen-bond donors (Lipinski definition) is 1. The first kappa shape index (κ1) is 11.4. The smallest absolute Gasteiger partial charge is 0.415 e. The van der Waals surface area contributed by atoms with Crippen molar-refractivity contribution in [3.05, 3.63) is 24.0 Å². The van der Waals surface area contributed by atoms with Crippen molar-refractivity contribution in [3.8, 4) is 0 Å². The van der Waals surface area contributed by atoms with Crippen molar-refractivity contribution in [3.63, 3.8) is 0 Å². The Labute approximate surface area is 93.4 Å². The zero-order valence-corrected chi connectivity index (χ0v) is 8.69. The molecule has 9 heteroatoms. The number of rotatable bonds is 3. The summed E-state index contributed by atoms with van der Waals surface area (Å²) in [7, 11) is 1.72. The third-order valence-corrected chi connectivity index (χ3v) is 1.84. The lowest BCUT2D eigenvalue weighted by Gasteiger charge is -1.99. The standard InChI is InChI=1S/C8H8F3N5O/c1-16-3-2-5(15-16)12-4-6-13-14-7(17-6)8(9,10)11/h2-3H,4H2,1H3,(H,12,15). The Balaban J connectivity index is 1.98. The zero-order chi connectivity index (χ0) is 12.5. The number of aromatic nitrogens is 4. The van der Waals surface area contributed by atoms with Crippen LogP contribution in [0.4, 0.5) is 19.0 Å². The van der Waals surface area contributed by atoms with Gasteiger partial charge >= 0.3 is 12.1 Å². The molecule has 0 atom stereocenters. The molecule has 0 radical (unpaired) electrons. The fourth-order valence-corrected chi connectivity index (χ4v) is 1.12. The van der Waals surface area contributed by atoms with Crippen LogP contribution in [0.5, 0.6) is 0 Å². The van der Waals surface area contributed by atoms with Crippen LogP contribution in [-0.4, -0.2) is 20.0 Å². The van der Waals surface area contributed by atoms with Crippen molar-refractivity contribution in [1.82, 2.24) is 20.0 Å². The third-order valence-electron chi connectivity index (χ3n) is 1.84. The first-order valence-corrected chi connectivity index (χ1v) is 4.58. The highest BCUT2D eigenvalue weighted by molar-refractivity contribution is 5.31. The normalized spacial score (nSPS) is 11.8. The lowest BCUT2D eigenvalue weighted by Crippen LogP contribution is -2.04. The van der Waals surface area contributed by atoms with Crippen LogP contribution in [0.3, 0.4) is 0 Å². The van der Waals surface area contributed by atoms with E-state index < -0.39 is 12.1 Å². The van der Waals surface area contributed by atoms with Crippen LogP contribution in [-0.2, 0) is 19.8 Å². The fraction of sp³-hybridized carbons (Fsp3) is 0.375. The average molecular weight is 247 g/mol. The molecule has 2 aromatic rings. The fourth-order valence-electron chi connectivity index (χ4n) is 1.12. The van der Waals surface area contributed by atoms with Gasteiger partial charge < -0.3 is 9.73 Å². The van der Waals surface area contributed by atoms with E-state index in [4.69, 9.17) is 0 Å². The quantitative estimate of drug-likeness (QED) is 0.888. The lowest BCUT2D eigenvalue weighted by molar-refractivity contribution is -0.157. The first-order chi connectivity index (χ1) is 7.95. The van der Waals surface area contributed by atoms with E-state index in [1.54, 1.807) is 24.0 Å². The van der Waals surface area contributed by atoms with Crippen molar-refractivity contribution in [1.29, 1.82) is 0 Å². The molecule has 0 saturated heterocycles. The number of nitrogens with one attached hydrogen (secondary N) is 1. The van der Waals surface area contributed by atoms with Gasteiger partial charge in [-0.05, 0) is 0 Å². The predicted octanol–water partition coefficient (Wildman–Crippen LogP) is 1.43. The lowest BCUT2D eigenvalue weighted by atomic mass is 10.5. The molecule has 0 bridgehead atoms. The van der Waals surface area contributed by atoms with Gasteiger partial charge in [0, 0.05) is 19.3 Å². The van der Waals surface area contributed by atoms with E-state index in [2.05, 4.69) is 25.0 Å². The molecule has 0 aliphatic heterocycles. The molecule has 0 aliphatic rings. The van der Waals surface area contributed by atoms with Gasteiger partial charge in [-0.25, -0.2) is 0 Å². The summed E-state index contributed by atoms with van der Waals surface area (Å²) in [5.74, 6) is -0.988. The Morgan fingerprint density at radius 3 is 2.71 bits per heavy atom. The van der Waals surface area contributed by atoms with Crippen LogP contribution >= 0.6 is 0 Å². The van der Waals surface area contributed by atoms with Gasteiger partial charge in [-0.3, -0.25) is 4.68 Å². The summed E-state index contributed by atoms with van der Waals surface area (Å²) in [4.78, 5) is 0. The number of anilines is 1. The summed E-state index contributed by atoms with van der Waals surface area (Å²) in [5, 5.41) is 12.9. The second-order valence-corrected chi connectivity index (χ2v) is 3.23. The number of hydrogen-bond acceptors (Lipinski definition) is 5. The largest absolute Gasteiger partial charge is 0.470 e. The van der Waals surface area contributed by atoms with Crippen molar-refractivity contribution in [2.75, 3.05) is 5.32 Å². The molecule has 0 aliphatic carbocycles. The Morgan fingerprint density at radius 2 is 2.18 bits per heavy atom. The number of halogens is 3. The maximum atomic E-state index is 12.1. The molecule has 1 N–H and O–H groups in total. The average Bonchev–Trinajstić information content (AvgIpc) is 2.82. The molecule has 0 unspecified atom stereocenters. The van der Waals surface area contributed by atoms with Crippen molar-refractivity contribution in [2.24, 2.45) is 7.05 Å². The topological polar surface area (TPSA) is 68.8 Å². The van der Waals surface area contributed by atoms with E-state index >= 15 is 0 Å². The van der Waals surface area contributed by atoms with Gasteiger partial charge in [0.05, 0.1) is 6.54 Å². The highest BCUT2D eigenvalue weighted by Gasteiger charge is 2.38. The molecule has 0 aromatic carbocycles. The van der Waals surface area contributed by atoms with E-state index in [1.807, 2.05) is 0 Å².